The fourth-order valence-corrected chi connectivity index (χ4v) is 4.09. The van der Waals surface area contributed by atoms with Crippen molar-refractivity contribution in [3.05, 3.63) is 35.4 Å². The third-order valence-corrected chi connectivity index (χ3v) is 5.73. The van der Waals surface area contributed by atoms with Crippen molar-refractivity contribution in [1.82, 2.24) is 15.5 Å². The summed E-state index contributed by atoms with van der Waals surface area (Å²) in [6.07, 6.45) is 5.12. The van der Waals surface area contributed by atoms with Gasteiger partial charge in [0, 0.05) is 57.6 Å². The van der Waals surface area contributed by atoms with Crippen molar-refractivity contribution in [2.45, 2.75) is 57.7 Å². The fraction of sp³-hybridized carbons (Fsp3) is 0.696. The largest absolute Gasteiger partial charge is 0.381 e. The van der Waals surface area contributed by atoms with Crippen LogP contribution < -0.4 is 10.6 Å². The topological polar surface area (TPSA) is 58.1 Å². The first-order chi connectivity index (χ1) is 15.2. The Labute approximate surface area is 184 Å². The molecule has 0 radical (unpaired) electrons. The Morgan fingerprint density at radius 1 is 1.23 bits per heavy atom. The summed E-state index contributed by atoms with van der Waals surface area (Å²) in [6, 6.07) is 4.24. The summed E-state index contributed by atoms with van der Waals surface area (Å²) in [5, 5.41) is 6.79. The number of guanidine groups is 1. The average molecular weight is 439 g/mol. The zero-order chi connectivity index (χ0) is 21.9. The molecule has 0 aromatic heterocycles. The Hall–Kier alpha value is -1.77. The summed E-state index contributed by atoms with van der Waals surface area (Å²) in [7, 11) is 0. The number of piperidine rings is 1. The van der Waals surface area contributed by atoms with E-state index in [1.54, 1.807) is 0 Å². The molecule has 0 spiro atoms. The molecule has 174 valence electrons. The molecule has 31 heavy (non-hydrogen) atoms. The lowest BCUT2D eigenvalue weighted by Gasteiger charge is -2.34. The van der Waals surface area contributed by atoms with Gasteiger partial charge < -0.3 is 20.1 Å². The van der Waals surface area contributed by atoms with Crippen molar-refractivity contribution in [2.75, 3.05) is 46.0 Å². The van der Waals surface area contributed by atoms with E-state index >= 15 is 0 Å². The highest BCUT2D eigenvalue weighted by atomic mass is 19.1. The third kappa shape index (κ3) is 8.01. The Bertz CT molecular complexity index is 678. The van der Waals surface area contributed by atoms with E-state index < -0.39 is 11.6 Å². The highest BCUT2D eigenvalue weighted by Crippen LogP contribution is 2.18. The minimum Gasteiger partial charge on any atom is -0.381 e. The standard InChI is InChI=1S/C23H36F2N4O2/c1-2-26-23(27-11-5-13-31-19-9-14-30-15-10-19)28-18-6-4-12-29(16-18)17-20-21(24)7-3-8-22(20)25/h3,7-8,18-19H,2,4-6,9-17H2,1H3,(H2,26,27,28). The number of ether oxygens (including phenoxy) is 2. The van der Waals surface area contributed by atoms with Crippen LogP contribution in [0.2, 0.25) is 0 Å². The van der Waals surface area contributed by atoms with Gasteiger partial charge in [-0.05, 0) is 57.7 Å². The molecule has 2 aliphatic rings. The number of benzene rings is 1. The van der Waals surface area contributed by atoms with Gasteiger partial charge in [-0.2, -0.15) is 0 Å². The summed E-state index contributed by atoms with van der Waals surface area (Å²) in [6.45, 7) is 7.65. The first-order valence-electron chi connectivity index (χ1n) is 11.5. The molecule has 3 rings (SSSR count). The number of hydrogen-bond donors (Lipinski definition) is 2. The molecule has 0 bridgehead atoms. The van der Waals surface area contributed by atoms with Crippen LogP contribution in [0.1, 0.15) is 44.6 Å². The number of aliphatic imine (C=N–C) groups is 1. The molecular formula is C23H36F2N4O2. The lowest BCUT2D eigenvalue weighted by molar-refractivity contribution is -0.0318. The first-order valence-corrected chi connectivity index (χ1v) is 11.5. The number of nitrogens with one attached hydrogen (secondary N) is 2. The zero-order valence-electron chi connectivity index (χ0n) is 18.5. The van der Waals surface area contributed by atoms with Crippen LogP contribution in [0.3, 0.4) is 0 Å². The van der Waals surface area contributed by atoms with E-state index in [1.165, 1.54) is 18.2 Å². The average Bonchev–Trinajstić information content (AvgIpc) is 2.77. The van der Waals surface area contributed by atoms with E-state index in [0.29, 0.717) is 19.3 Å². The summed E-state index contributed by atoms with van der Waals surface area (Å²) in [5.74, 6) is -0.168. The monoisotopic (exact) mass is 438 g/mol. The normalized spacial score (nSPS) is 21.3. The molecule has 1 atom stereocenters. The van der Waals surface area contributed by atoms with Gasteiger partial charge in [0.1, 0.15) is 11.6 Å². The van der Waals surface area contributed by atoms with Gasteiger partial charge in [0.25, 0.3) is 0 Å². The molecule has 8 heteroatoms. The van der Waals surface area contributed by atoms with Crippen LogP contribution in [0.5, 0.6) is 0 Å². The molecule has 2 heterocycles. The quantitative estimate of drug-likeness (QED) is 0.353. The van der Waals surface area contributed by atoms with Crippen molar-refractivity contribution in [3.8, 4) is 0 Å². The molecule has 1 aromatic carbocycles. The van der Waals surface area contributed by atoms with Gasteiger partial charge in [-0.3, -0.25) is 9.89 Å². The van der Waals surface area contributed by atoms with E-state index in [2.05, 4.69) is 20.5 Å². The highest BCUT2D eigenvalue weighted by Gasteiger charge is 2.22. The van der Waals surface area contributed by atoms with Crippen molar-refractivity contribution in [3.63, 3.8) is 0 Å². The third-order valence-electron chi connectivity index (χ3n) is 5.73. The Morgan fingerprint density at radius 2 is 2.00 bits per heavy atom. The number of nitrogens with zero attached hydrogens (tertiary/aromatic N) is 2. The molecule has 0 aliphatic carbocycles. The van der Waals surface area contributed by atoms with Crippen LogP contribution in [-0.2, 0) is 16.0 Å². The van der Waals surface area contributed by atoms with Crippen molar-refractivity contribution in [2.24, 2.45) is 4.99 Å². The lowest BCUT2D eigenvalue weighted by Crippen LogP contribution is -2.51. The predicted octanol–water partition coefficient (Wildman–Crippen LogP) is 3.07. The first kappa shape index (κ1) is 23.9. The number of hydrogen-bond acceptors (Lipinski definition) is 4. The number of likely N-dealkylation sites (tertiary alicyclic amines) is 1. The van der Waals surface area contributed by atoms with Crippen LogP contribution >= 0.6 is 0 Å². The maximum absolute atomic E-state index is 14.0. The molecule has 2 aliphatic heterocycles. The molecule has 1 aromatic rings. The molecule has 2 N–H and O–H groups in total. The smallest absolute Gasteiger partial charge is 0.191 e. The number of halogens is 2. The molecular weight excluding hydrogens is 402 g/mol. The van der Waals surface area contributed by atoms with E-state index in [1.807, 2.05) is 6.92 Å². The maximum atomic E-state index is 14.0. The minimum atomic E-state index is -0.479. The summed E-state index contributed by atoms with van der Waals surface area (Å²) in [4.78, 5) is 6.78. The van der Waals surface area contributed by atoms with E-state index in [4.69, 9.17) is 9.47 Å². The zero-order valence-corrected chi connectivity index (χ0v) is 18.5. The second-order valence-corrected chi connectivity index (χ2v) is 8.22. The molecule has 0 saturated carbocycles. The molecule has 1 unspecified atom stereocenters. The Kier molecular flexibility index (Phi) is 9.96. The van der Waals surface area contributed by atoms with E-state index in [0.717, 1.165) is 70.9 Å². The summed E-state index contributed by atoms with van der Waals surface area (Å²) < 4.78 is 39.3. The predicted molar refractivity (Wildman–Crippen MR) is 118 cm³/mol. The van der Waals surface area contributed by atoms with Crippen molar-refractivity contribution < 1.29 is 18.3 Å². The summed E-state index contributed by atoms with van der Waals surface area (Å²) in [5.41, 5.74) is 0.147. The highest BCUT2D eigenvalue weighted by molar-refractivity contribution is 5.80. The van der Waals surface area contributed by atoms with Crippen LogP contribution in [-0.4, -0.2) is 69.0 Å². The van der Waals surface area contributed by atoms with Gasteiger partial charge in [-0.15, -0.1) is 0 Å². The van der Waals surface area contributed by atoms with E-state index in [-0.39, 0.29) is 18.2 Å². The second kappa shape index (κ2) is 12.9. The maximum Gasteiger partial charge on any atom is 0.191 e. The lowest BCUT2D eigenvalue weighted by atomic mass is 10.0. The van der Waals surface area contributed by atoms with Gasteiger partial charge in [0.2, 0.25) is 0 Å². The van der Waals surface area contributed by atoms with Crippen LogP contribution in [0.4, 0.5) is 8.78 Å². The molecule has 0 amide bonds. The minimum absolute atomic E-state index is 0.147. The molecule has 2 fully saturated rings. The Morgan fingerprint density at radius 3 is 2.74 bits per heavy atom. The van der Waals surface area contributed by atoms with Crippen molar-refractivity contribution >= 4 is 5.96 Å². The van der Waals surface area contributed by atoms with Crippen LogP contribution in [0.25, 0.3) is 0 Å². The van der Waals surface area contributed by atoms with Crippen LogP contribution in [0.15, 0.2) is 23.2 Å². The SMILES string of the molecule is CCNC(=NCCCOC1CCOCC1)NC1CCCN(Cc2c(F)cccc2F)C1. The second-order valence-electron chi connectivity index (χ2n) is 8.22. The van der Waals surface area contributed by atoms with Gasteiger partial charge >= 0.3 is 0 Å². The van der Waals surface area contributed by atoms with Gasteiger partial charge in [0.05, 0.1) is 6.10 Å². The molecule has 6 nitrogen and oxygen atoms in total. The molecule has 2 saturated heterocycles. The van der Waals surface area contributed by atoms with Crippen LogP contribution in [0, 0.1) is 11.6 Å². The van der Waals surface area contributed by atoms with Gasteiger partial charge in [-0.1, -0.05) is 6.07 Å². The summed E-state index contributed by atoms with van der Waals surface area (Å²) >= 11 is 0. The number of rotatable bonds is 9. The fourth-order valence-electron chi connectivity index (χ4n) is 4.09. The Balaban J connectivity index is 1.44. The van der Waals surface area contributed by atoms with E-state index in [9.17, 15) is 8.78 Å². The van der Waals surface area contributed by atoms with Gasteiger partial charge in [-0.25, -0.2) is 8.78 Å². The van der Waals surface area contributed by atoms with Crippen molar-refractivity contribution in [1.29, 1.82) is 0 Å². The van der Waals surface area contributed by atoms with Gasteiger partial charge in [0.15, 0.2) is 5.96 Å².